The molecule has 1 unspecified atom stereocenters. The Hall–Kier alpha value is -2.69. The van der Waals surface area contributed by atoms with Gasteiger partial charge in [0.1, 0.15) is 0 Å². The first-order valence-corrected chi connectivity index (χ1v) is 9.25. The number of nitrogens with zero attached hydrogens (tertiary/aromatic N) is 2. The van der Waals surface area contributed by atoms with E-state index in [4.69, 9.17) is 4.52 Å². The van der Waals surface area contributed by atoms with Crippen LogP contribution in [0.2, 0.25) is 0 Å². The standard InChI is InChI=1S/C21H25N3O2/c1-3-7-19-23-21(26-24-19)11-6-10-20(25)22-15(2)17-13-12-16-8-4-5-9-18(16)14-17/h4-5,8-9,12-15H,3,6-7,10-11H2,1-2H3,(H,22,25). The fourth-order valence-corrected chi connectivity index (χ4v) is 2.99. The van der Waals surface area contributed by atoms with Gasteiger partial charge < -0.3 is 9.84 Å². The molecule has 0 aliphatic carbocycles. The van der Waals surface area contributed by atoms with Gasteiger partial charge in [-0.05, 0) is 42.2 Å². The first kappa shape index (κ1) is 18.1. The molecule has 0 aliphatic heterocycles. The average molecular weight is 351 g/mol. The minimum Gasteiger partial charge on any atom is -0.350 e. The van der Waals surface area contributed by atoms with E-state index in [9.17, 15) is 4.79 Å². The highest BCUT2D eigenvalue weighted by Crippen LogP contribution is 2.20. The van der Waals surface area contributed by atoms with Crippen molar-refractivity contribution in [1.29, 1.82) is 0 Å². The zero-order valence-electron chi connectivity index (χ0n) is 15.4. The summed E-state index contributed by atoms with van der Waals surface area (Å²) >= 11 is 0. The van der Waals surface area contributed by atoms with E-state index in [-0.39, 0.29) is 11.9 Å². The third kappa shape index (κ3) is 4.69. The van der Waals surface area contributed by atoms with Gasteiger partial charge in [-0.15, -0.1) is 0 Å². The number of carbonyl (C=O) groups excluding carboxylic acids is 1. The molecule has 5 nitrogen and oxygen atoms in total. The van der Waals surface area contributed by atoms with Crippen LogP contribution in [0.5, 0.6) is 0 Å². The van der Waals surface area contributed by atoms with E-state index in [2.05, 4.69) is 52.7 Å². The maximum atomic E-state index is 12.2. The average Bonchev–Trinajstić information content (AvgIpc) is 3.09. The van der Waals surface area contributed by atoms with Crippen molar-refractivity contribution in [2.75, 3.05) is 0 Å². The Bertz CT molecular complexity index is 872. The van der Waals surface area contributed by atoms with Crippen LogP contribution in [0.4, 0.5) is 0 Å². The summed E-state index contributed by atoms with van der Waals surface area (Å²) in [4.78, 5) is 16.5. The fourth-order valence-electron chi connectivity index (χ4n) is 2.99. The van der Waals surface area contributed by atoms with E-state index in [1.54, 1.807) is 0 Å². The number of nitrogens with one attached hydrogen (secondary N) is 1. The SMILES string of the molecule is CCCc1noc(CCCC(=O)NC(C)c2ccc3ccccc3c2)n1. The Morgan fingerprint density at radius 2 is 1.96 bits per heavy atom. The summed E-state index contributed by atoms with van der Waals surface area (Å²) in [5.41, 5.74) is 1.11. The third-order valence-corrected chi connectivity index (χ3v) is 4.43. The molecule has 1 aromatic heterocycles. The number of benzene rings is 2. The quantitative estimate of drug-likeness (QED) is 0.654. The number of amides is 1. The van der Waals surface area contributed by atoms with Crippen molar-refractivity contribution < 1.29 is 9.32 Å². The van der Waals surface area contributed by atoms with E-state index < -0.39 is 0 Å². The highest BCUT2D eigenvalue weighted by molar-refractivity contribution is 5.83. The maximum Gasteiger partial charge on any atom is 0.226 e. The van der Waals surface area contributed by atoms with E-state index in [0.29, 0.717) is 25.2 Å². The molecule has 0 fully saturated rings. The van der Waals surface area contributed by atoms with E-state index in [1.807, 2.05) is 19.1 Å². The first-order chi connectivity index (χ1) is 12.7. The van der Waals surface area contributed by atoms with Gasteiger partial charge in [0.05, 0.1) is 6.04 Å². The molecule has 1 N–H and O–H groups in total. The lowest BCUT2D eigenvalue weighted by Crippen LogP contribution is -2.26. The van der Waals surface area contributed by atoms with Crippen molar-refractivity contribution in [1.82, 2.24) is 15.5 Å². The van der Waals surface area contributed by atoms with Gasteiger partial charge in [-0.2, -0.15) is 4.98 Å². The molecule has 0 aliphatic rings. The summed E-state index contributed by atoms with van der Waals surface area (Å²) in [6, 6.07) is 14.5. The van der Waals surface area contributed by atoms with Crippen LogP contribution in [0.25, 0.3) is 10.8 Å². The second kappa shape index (κ2) is 8.61. The number of rotatable bonds is 8. The largest absolute Gasteiger partial charge is 0.350 e. The number of aryl methyl sites for hydroxylation is 2. The molecule has 1 heterocycles. The van der Waals surface area contributed by atoms with Gasteiger partial charge in [-0.1, -0.05) is 48.5 Å². The summed E-state index contributed by atoms with van der Waals surface area (Å²) in [6.45, 7) is 4.09. The minimum atomic E-state index is -0.0216. The van der Waals surface area contributed by atoms with Gasteiger partial charge in [-0.25, -0.2) is 0 Å². The highest BCUT2D eigenvalue weighted by atomic mass is 16.5. The van der Waals surface area contributed by atoms with E-state index in [1.165, 1.54) is 10.8 Å². The van der Waals surface area contributed by atoms with Crippen molar-refractivity contribution in [2.24, 2.45) is 0 Å². The normalized spacial score (nSPS) is 12.2. The summed E-state index contributed by atoms with van der Waals surface area (Å²) in [7, 11) is 0. The Labute approximate surface area is 153 Å². The molecule has 0 bridgehead atoms. The third-order valence-electron chi connectivity index (χ3n) is 4.43. The van der Waals surface area contributed by atoms with Crippen LogP contribution < -0.4 is 5.32 Å². The maximum absolute atomic E-state index is 12.2. The molecule has 3 rings (SSSR count). The molecule has 1 atom stereocenters. The monoisotopic (exact) mass is 351 g/mol. The molecule has 5 heteroatoms. The van der Waals surface area contributed by atoms with Crippen LogP contribution in [0, 0.1) is 0 Å². The van der Waals surface area contributed by atoms with Gasteiger partial charge in [0.25, 0.3) is 0 Å². The number of hydrogen-bond acceptors (Lipinski definition) is 4. The highest BCUT2D eigenvalue weighted by Gasteiger charge is 2.11. The lowest BCUT2D eigenvalue weighted by molar-refractivity contribution is -0.121. The molecule has 0 radical (unpaired) electrons. The van der Waals surface area contributed by atoms with Crippen molar-refractivity contribution in [3.63, 3.8) is 0 Å². The Balaban J connectivity index is 1.48. The molecule has 136 valence electrons. The van der Waals surface area contributed by atoms with Crippen LogP contribution in [0.15, 0.2) is 47.0 Å². The van der Waals surface area contributed by atoms with Gasteiger partial charge in [0.2, 0.25) is 11.8 Å². The van der Waals surface area contributed by atoms with Gasteiger partial charge >= 0.3 is 0 Å². The van der Waals surface area contributed by atoms with Crippen LogP contribution in [-0.4, -0.2) is 16.0 Å². The number of hydrogen-bond donors (Lipinski definition) is 1. The minimum absolute atomic E-state index is 0.0216. The molecular formula is C21H25N3O2. The van der Waals surface area contributed by atoms with E-state index >= 15 is 0 Å². The van der Waals surface area contributed by atoms with Crippen LogP contribution in [0.3, 0.4) is 0 Å². The second-order valence-electron chi connectivity index (χ2n) is 6.60. The predicted octanol–water partition coefficient (Wildman–Crippen LogP) is 4.38. The molecule has 0 saturated carbocycles. The van der Waals surface area contributed by atoms with Crippen LogP contribution in [-0.2, 0) is 17.6 Å². The lowest BCUT2D eigenvalue weighted by atomic mass is 10.0. The fraction of sp³-hybridized carbons (Fsp3) is 0.381. The van der Waals surface area contributed by atoms with Crippen LogP contribution >= 0.6 is 0 Å². The molecule has 2 aromatic carbocycles. The summed E-state index contributed by atoms with van der Waals surface area (Å²) in [5.74, 6) is 1.40. The first-order valence-electron chi connectivity index (χ1n) is 9.25. The molecular weight excluding hydrogens is 326 g/mol. The van der Waals surface area contributed by atoms with Gasteiger partial charge in [0.15, 0.2) is 5.82 Å². The number of aromatic nitrogens is 2. The zero-order chi connectivity index (χ0) is 18.4. The van der Waals surface area contributed by atoms with Gasteiger partial charge in [-0.3, -0.25) is 4.79 Å². The van der Waals surface area contributed by atoms with Crippen molar-refractivity contribution in [3.8, 4) is 0 Å². The van der Waals surface area contributed by atoms with Crippen LogP contribution in [0.1, 0.15) is 56.4 Å². The molecule has 3 aromatic rings. The molecule has 1 amide bonds. The molecule has 26 heavy (non-hydrogen) atoms. The van der Waals surface area contributed by atoms with Gasteiger partial charge in [0, 0.05) is 19.3 Å². The summed E-state index contributed by atoms with van der Waals surface area (Å²) in [5, 5.41) is 9.39. The van der Waals surface area contributed by atoms with Crippen molar-refractivity contribution >= 4 is 16.7 Å². The molecule has 0 saturated heterocycles. The second-order valence-corrected chi connectivity index (χ2v) is 6.60. The topological polar surface area (TPSA) is 68.0 Å². The Morgan fingerprint density at radius 3 is 2.77 bits per heavy atom. The zero-order valence-corrected chi connectivity index (χ0v) is 15.4. The smallest absolute Gasteiger partial charge is 0.226 e. The molecule has 0 spiro atoms. The number of fused-ring (bicyclic) bond motifs is 1. The Morgan fingerprint density at radius 1 is 1.15 bits per heavy atom. The van der Waals surface area contributed by atoms with E-state index in [0.717, 1.165) is 24.2 Å². The predicted molar refractivity (Wildman–Crippen MR) is 102 cm³/mol. The van der Waals surface area contributed by atoms with Crippen molar-refractivity contribution in [3.05, 3.63) is 59.7 Å². The lowest BCUT2D eigenvalue weighted by Gasteiger charge is -2.15. The number of carbonyl (C=O) groups is 1. The summed E-state index contributed by atoms with van der Waals surface area (Å²) in [6.07, 6.45) is 3.60. The van der Waals surface area contributed by atoms with Crippen molar-refractivity contribution in [2.45, 2.75) is 52.0 Å². The summed E-state index contributed by atoms with van der Waals surface area (Å²) < 4.78 is 5.20. The Kier molecular flexibility index (Phi) is 6.00.